The summed E-state index contributed by atoms with van der Waals surface area (Å²) in [7, 11) is 3.16. The molecule has 0 radical (unpaired) electrons. The minimum absolute atomic E-state index is 0.0247. The van der Waals surface area contributed by atoms with Crippen molar-refractivity contribution in [2.75, 3.05) is 24.8 Å². The number of hydrogen-bond acceptors (Lipinski definition) is 5. The topological polar surface area (TPSA) is 72.7 Å². The van der Waals surface area contributed by atoms with E-state index in [9.17, 15) is 14.9 Å². The molecule has 0 atom stereocenters. The lowest BCUT2D eigenvalue weighted by atomic mass is 10.1. The molecule has 6 nitrogen and oxygen atoms in total. The van der Waals surface area contributed by atoms with Crippen LogP contribution < -0.4 is 9.64 Å². The molecule has 0 N–H and O–H groups in total. The van der Waals surface area contributed by atoms with E-state index in [4.69, 9.17) is 4.74 Å². The Balaban J connectivity index is 1.62. The molecule has 0 unspecified atom stereocenters. The smallest absolute Gasteiger partial charge is 0.311 e. The van der Waals surface area contributed by atoms with Crippen molar-refractivity contribution in [1.29, 1.82) is 0 Å². The third-order valence-corrected chi connectivity index (χ3v) is 5.42. The SMILES string of the molecule is COc1ccc(CSCC(=O)N(C)c2ccc3ccccc3c2)cc1[N+](=O)[O-]. The Hall–Kier alpha value is -3.06. The molecule has 0 saturated heterocycles. The minimum atomic E-state index is -0.467. The van der Waals surface area contributed by atoms with Crippen LogP contribution in [0.3, 0.4) is 0 Å². The van der Waals surface area contributed by atoms with Crippen LogP contribution >= 0.6 is 11.8 Å². The fraction of sp³-hybridized carbons (Fsp3) is 0.190. The van der Waals surface area contributed by atoms with E-state index in [1.165, 1.54) is 24.9 Å². The highest BCUT2D eigenvalue weighted by molar-refractivity contribution is 7.99. The second-order valence-corrected chi connectivity index (χ2v) is 7.23. The normalized spacial score (nSPS) is 10.6. The highest BCUT2D eigenvalue weighted by Gasteiger charge is 2.16. The van der Waals surface area contributed by atoms with E-state index >= 15 is 0 Å². The number of nitrogens with zero attached hydrogens (tertiary/aromatic N) is 2. The number of nitro groups is 1. The van der Waals surface area contributed by atoms with Gasteiger partial charge >= 0.3 is 5.69 Å². The molecule has 1 amide bonds. The van der Waals surface area contributed by atoms with Crippen LogP contribution in [0.15, 0.2) is 60.7 Å². The average Bonchev–Trinajstić information content (AvgIpc) is 2.72. The molecule has 0 aromatic heterocycles. The monoisotopic (exact) mass is 396 g/mol. The van der Waals surface area contributed by atoms with Crippen molar-refractivity contribution >= 4 is 39.8 Å². The number of thioether (sulfide) groups is 1. The van der Waals surface area contributed by atoms with Gasteiger partial charge in [-0.15, -0.1) is 11.8 Å². The fourth-order valence-electron chi connectivity index (χ4n) is 2.85. The zero-order valence-electron chi connectivity index (χ0n) is 15.6. The van der Waals surface area contributed by atoms with Gasteiger partial charge in [0, 0.05) is 24.6 Å². The maximum Gasteiger partial charge on any atom is 0.311 e. The number of carbonyl (C=O) groups excluding carboxylic acids is 1. The number of hydrogen-bond donors (Lipinski definition) is 0. The first-order chi connectivity index (χ1) is 13.5. The van der Waals surface area contributed by atoms with Crippen LogP contribution in [0.2, 0.25) is 0 Å². The van der Waals surface area contributed by atoms with Gasteiger partial charge in [-0.3, -0.25) is 14.9 Å². The van der Waals surface area contributed by atoms with Gasteiger partial charge in [0.1, 0.15) is 0 Å². The summed E-state index contributed by atoms with van der Waals surface area (Å²) in [5.74, 6) is 0.986. The predicted molar refractivity (Wildman–Crippen MR) is 113 cm³/mol. The summed E-state index contributed by atoms with van der Waals surface area (Å²) in [4.78, 5) is 24.8. The molecular weight excluding hydrogens is 376 g/mol. The molecule has 28 heavy (non-hydrogen) atoms. The first kappa shape index (κ1) is 19.7. The van der Waals surface area contributed by atoms with Crippen LogP contribution in [0, 0.1) is 10.1 Å². The van der Waals surface area contributed by atoms with Gasteiger partial charge in [-0.25, -0.2) is 0 Å². The molecule has 144 valence electrons. The van der Waals surface area contributed by atoms with Gasteiger partial charge in [0.05, 0.1) is 17.8 Å². The Labute approximate surface area is 167 Å². The lowest BCUT2D eigenvalue weighted by Crippen LogP contribution is -2.27. The first-order valence-corrected chi connectivity index (χ1v) is 9.79. The summed E-state index contributed by atoms with van der Waals surface area (Å²) in [6.45, 7) is 0. The van der Waals surface area contributed by atoms with Gasteiger partial charge < -0.3 is 9.64 Å². The number of nitro benzene ring substituents is 1. The Morgan fingerprint density at radius 2 is 1.86 bits per heavy atom. The maximum absolute atomic E-state index is 12.5. The molecular formula is C21H20N2O4S. The molecule has 0 saturated carbocycles. The molecule has 0 bridgehead atoms. The van der Waals surface area contributed by atoms with Crippen molar-refractivity contribution < 1.29 is 14.5 Å². The van der Waals surface area contributed by atoms with Crippen molar-refractivity contribution in [1.82, 2.24) is 0 Å². The van der Waals surface area contributed by atoms with Crippen molar-refractivity contribution in [3.63, 3.8) is 0 Å². The van der Waals surface area contributed by atoms with Crippen molar-refractivity contribution in [2.24, 2.45) is 0 Å². The summed E-state index contributed by atoms with van der Waals surface area (Å²) >= 11 is 1.42. The Bertz CT molecular complexity index is 1020. The summed E-state index contributed by atoms with van der Waals surface area (Å²) < 4.78 is 5.01. The van der Waals surface area contributed by atoms with Gasteiger partial charge in [0.2, 0.25) is 5.91 Å². The van der Waals surface area contributed by atoms with Crippen LogP contribution in [-0.2, 0) is 10.5 Å². The highest BCUT2D eigenvalue weighted by Crippen LogP contribution is 2.29. The Morgan fingerprint density at radius 3 is 2.57 bits per heavy atom. The van der Waals surface area contributed by atoms with Crippen LogP contribution in [0.1, 0.15) is 5.56 Å². The summed E-state index contributed by atoms with van der Waals surface area (Å²) in [5, 5.41) is 13.3. The number of benzene rings is 3. The lowest BCUT2D eigenvalue weighted by molar-refractivity contribution is -0.385. The number of methoxy groups -OCH3 is 1. The molecule has 3 rings (SSSR count). The molecule has 0 heterocycles. The van der Waals surface area contributed by atoms with Crippen LogP contribution in [0.5, 0.6) is 5.75 Å². The van der Waals surface area contributed by atoms with Crippen molar-refractivity contribution in [2.45, 2.75) is 5.75 Å². The van der Waals surface area contributed by atoms with Crippen molar-refractivity contribution in [3.05, 3.63) is 76.3 Å². The molecule has 0 aliphatic rings. The largest absolute Gasteiger partial charge is 0.490 e. The summed E-state index contributed by atoms with van der Waals surface area (Å²) in [6, 6.07) is 18.8. The van der Waals surface area contributed by atoms with Gasteiger partial charge in [-0.1, -0.05) is 36.4 Å². The van der Waals surface area contributed by atoms with E-state index in [0.29, 0.717) is 5.75 Å². The zero-order valence-corrected chi connectivity index (χ0v) is 16.4. The van der Waals surface area contributed by atoms with Gasteiger partial charge in [-0.2, -0.15) is 0 Å². The number of rotatable bonds is 7. The van der Waals surface area contributed by atoms with Gasteiger partial charge in [0.15, 0.2) is 5.75 Å². The molecule has 7 heteroatoms. The van der Waals surface area contributed by atoms with Crippen LogP contribution in [-0.4, -0.2) is 30.7 Å². The highest BCUT2D eigenvalue weighted by atomic mass is 32.2. The first-order valence-electron chi connectivity index (χ1n) is 8.64. The Morgan fingerprint density at radius 1 is 1.11 bits per heavy atom. The standard InChI is InChI=1S/C21H20N2O4S/c1-22(18-9-8-16-5-3-4-6-17(16)12-18)21(24)14-28-13-15-7-10-20(27-2)19(11-15)23(25)26/h3-12H,13-14H2,1-2H3. The molecule has 0 aliphatic heterocycles. The molecule has 3 aromatic rings. The third kappa shape index (κ3) is 4.43. The van der Waals surface area contributed by atoms with E-state index in [-0.39, 0.29) is 23.1 Å². The Kier molecular flexibility index (Phi) is 6.16. The lowest BCUT2D eigenvalue weighted by Gasteiger charge is -2.18. The molecule has 0 spiro atoms. The van der Waals surface area contributed by atoms with Crippen LogP contribution in [0.4, 0.5) is 11.4 Å². The predicted octanol–water partition coefficient (Wildman–Crippen LogP) is 4.65. The quantitative estimate of drug-likeness (QED) is 0.429. The number of ether oxygens (including phenoxy) is 1. The van der Waals surface area contributed by atoms with Crippen LogP contribution in [0.25, 0.3) is 10.8 Å². The number of anilines is 1. The van der Waals surface area contributed by atoms with Gasteiger partial charge in [-0.05, 0) is 34.5 Å². The van der Waals surface area contributed by atoms with Crippen molar-refractivity contribution in [3.8, 4) is 5.75 Å². The maximum atomic E-state index is 12.5. The van der Waals surface area contributed by atoms with E-state index in [0.717, 1.165) is 22.0 Å². The number of amides is 1. The minimum Gasteiger partial charge on any atom is -0.490 e. The van der Waals surface area contributed by atoms with E-state index in [1.54, 1.807) is 24.1 Å². The fourth-order valence-corrected chi connectivity index (χ4v) is 3.74. The zero-order chi connectivity index (χ0) is 20.1. The third-order valence-electron chi connectivity index (χ3n) is 4.43. The number of carbonyl (C=O) groups is 1. The summed E-state index contributed by atoms with van der Waals surface area (Å²) in [5.41, 5.74) is 1.54. The average molecular weight is 396 g/mol. The van der Waals surface area contributed by atoms with Gasteiger partial charge in [0.25, 0.3) is 0 Å². The van der Waals surface area contributed by atoms with E-state index in [1.807, 2.05) is 42.5 Å². The molecule has 0 fully saturated rings. The summed E-state index contributed by atoms with van der Waals surface area (Å²) in [6.07, 6.45) is 0. The second-order valence-electron chi connectivity index (χ2n) is 6.24. The number of fused-ring (bicyclic) bond motifs is 1. The second kappa shape index (κ2) is 8.75. The molecule has 3 aromatic carbocycles. The van der Waals surface area contributed by atoms with E-state index in [2.05, 4.69) is 0 Å². The molecule has 0 aliphatic carbocycles. The van der Waals surface area contributed by atoms with E-state index < -0.39 is 4.92 Å².